The third-order valence-electron chi connectivity index (χ3n) is 4.11. The van der Waals surface area contributed by atoms with Gasteiger partial charge in [0, 0.05) is 6.54 Å². The lowest BCUT2D eigenvalue weighted by molar-refractivity contribution is -0.156. The highest BCUT2D eigenvalue weighted by atomic mass is 16.2. The summed E-state index contributed by atoms with van der Waals surface area (Å²) in [5.74, 6) is -0.128. The molecule has 0 bridgehead atoms. The molecular weight excluding hydrogens is 268 g/mol. The standard InChI is InChI=1S/C15H24N4O2/c1-6-12-13(20)18(15(4,5)14(21)16-12)9-11-8-10(3)17-19(11)7-2/h8,12H,6-7,9H2,1-5H3,(H,16,21). The Morgan fingerprint density at radius 1 is 1.33 bits per heavy atom. The fourth-order valence-corrected chi connectivity index (χ4v) is 2.70. The molecule has 0 spiro atoms. The van der Waals surface area contributed by atoms with E-state index in [0.29, 0.717) is 13.0 Å². The number of nitrogens with zero attached hydrogens (tertiary/aromatic N) is 3. The SMILES string of the molecule is CCC1NC(=O)C(C)(C)N(Cc2cc(C)nn2CC)C1=O. The molecule has 2 rings (SSSR count). The van der Waals surface area contributed by atoms with Crippen LogP contribution in [0.2, 0.25) is 0 Å². The van der Waals surface area contributed by atoms with Gasteiger partial charge in [-0.15, -0.1) is 0 Å². The summed E-state index contributed by atoms with van der Waals surface area (Å²) in [6, 6.07) is 1.55. The zero-order valence-corrected chi connectivity index (χ0v) is 13.4. The van der Waals surface area contributed by atoms with Crippen LogP contribution in [0.15, 0.2) is 6.07 Å². The van der Waals surface area contributed by atoms with E-state index in [1.807, 2.05) is 31.5 Å². The van der Waals surface area contributed by atoms with Gasteiger partial charge in [0.1, 0.15) is 11.6 Å². The molecule has 1 fully saturated rings. The van der Waals surface area contributed by atoms with E-state index in [4.69, 9.17) is 0 Å². The Hall–Kier alpha value is -1.85. The van der Waals surface area contributed by atoms with E-state index in [2.05, 4.69) is 10.4 Å². The van der Waals surface area contributed by atoms with E-state index < -0.39 is 11.6 Å². The van der Waals surface area contributed by atoms with Crippen molar-refractivity contribution in [2.75, 3.05) is 0 Å². The van der Waals surface area contributed by atoms with E-state index in [1.165, 1.54) is 0 Å². The van der Waals surface area contributed by atoms with Gasteiger partial charge in [-0.1, -0.05) is 6.92 Å². The molecule has 6 nitrogen and oxygen atoms in total. The predicted octanol–water partition coefficient (Wildman–Crippen LogP) is 1.23. The van der Waals surface area contributed by atoms with Crippen LogP contribution in [0.25, 0.3) is 0 Å². The van der Waals surface area contributed by atoms with Gasteiger partial charge in [-0.05, 0) is 40.2 Å². The second-order valence-electron chi connectivity index (χ2n) is 6.01. The molecule has 0 radical (unpaired) electrons. The summed E-state index contributed by atoms with van der Waals surface area (Å²) in [5, 5.41) is 7.21. The minimum absolute atomic E-state index is 0.0244. The van der Waals surface area contributed by atoms with Crippen molar-refractivity contribution >= 4 is 11.8 Å². The number of carbonyl (C=O) groups is 2. The van der Waals surface area contributed by atoms with Crippen molar-refractivity contribution in [2.45, 2.75) is 65.7 Å². The molecule has 1 atom stereocenters. The fourth-order valence-electron chi connectivity index (χ4n) is 2.70. The van der Waals surface area contributed by atoms with Crippen LogP contribution in [-0.4, -0.2) is 38.1 Å². The maximum atomic E-state index is 12.6. The van der Waals surface area contributed by atoms with Crippen LogP contribution >= 0.6 is 0 Å². The molecular formula is C15H24N4O2. The Morgan fingerprint density at radius 3 is 2.57 bits per heavy atom. The van der Waals surface area contributed by atoms with Crippen LogP contribution in [0, 0.1) is 6.92 Å². The topological polar surface area (TPSA) is 67.2 Å². The van der Waals surface area contributed by atoms with E-state index in [-0.39, 0.29) is 11.8 Å². The van der Waals surface area contributed by atoms with Gasteiger partial charge in [0.2, 0.25) is 11.8 Å². The molecule has 1 aromatic heterocycles. The molecule has 1 aliphatic rings. The largest absolute Gasteiger partial charge is 0.342 e. The monoisotopic (exact) mass is 292 g/mol. The van der Waals surface area contributed by atoms with Crippen molar-refractivity contribution in [3.05, 3.63) is 17.5 Å². The number of rotatable bonds is 4. The van der Waals surface area contributed by atoms with Crippen molar-refractivity contribution in [2.24, 2.45) is 0 Å². The summed E-state index contributed by atoms with van der Waals surface area (Å²) in [7, 11) is 0. The maximum absolute atomic E-state index is 12.6. The Morgan fingerprint density at radius 2 is 2.00 bits per heavy atom. The summed E-state index contributed by atoms with van der Waals surface area (Å²) >= 11 is 0. The molecule has 0 aliphatic carbocycles. The molecule has 1 unspecified atom stereocenters. The van der Waals surface area contributed by atoms with Gasteiger partial charge in [-0.3, -0.25) is 14.3 Å². The van der Waals surface area contributed by atoms with E-state index in [0.717, 1.165) is 17.9 Å². The first kappa shape index (κ1) is 15.5. The first-order valence-electron chi connectivity index (χ1n) is 7.47. The molecule has 6 heteroatoms. The molecule has 1 saturated heterocycles. The number of aryl methyl sites for hydroxylation is 2. The Bertz CT molecular complexity index is 562. The average Bonchev–Trinajstić information content (AvgIpc) is 2.79. The highest BCUT2D eigenvalue weighted by molar-refractivity contribution is 5.99. The minimum atomic E-state index is -0.848. The van der Waals surface area contributed by atoms with Crippen LogP contribution in [-0.2, 0) is 22.7 Å². The zero-order valence-electron chi connectivity index (χ0n) is 13.4. The van der Waals surface area contributed by atoms with Gasteiger partial charge in [0.05, 0.1) is 17.9 Å². The Kier molecular flexibility index (Phi) is 4.07. The van der Waals surface area contributed by atoms with Crippen molar-refractivity contribution < 1.29 is 9.59 Å². The van der Waals surface area contributed by atoms with Gasteiger partial charge in [-0.25, -0.2) is 0 Å². The molecule has 1 aliphatic heterocycles. The Labute approximate surface area is 125 Å². The normalized spacial score (nSPS) is 21.6. The smallest absolute Gasteiger partial charge is 0.246 e. The number of amides is 2. The number of nitrogens with one attached hydrogen (secondary N) is 1. The first-order valence-corrected chi connectivity index (χ1v) is 7.47. The van der Waals surface area contributed by atoms with Crippen molar-refractivity contribution in [3.63, 3.8) is 0 Å². The number of carbonyl (C=O) groups excluding carboxylic acids is 2. The summed E-state index contributed by atoms with van der Waals surface area (Å²) in [6.07, 6.45) is 0.600. The van der Waals surface area contributed by atoms with Gasteiger partial charge >= 0.3 is 0 Å². The first-order chi connectivity index (χ1) is 9.81. The van der Waals surface area contributed by atoms with E-state index in [1.54, 1.807) is 18.7 Å². The lowest BCUT2D eigenvalue weighted by Gasteiger charge is -2.44. The second-order valence-corrected chi connectivity index (χ2v) is 6.01. The van der Waals surface area contributed by atoms with Gasteiger partial charge in [0.25, 0.3) is 0 Å². The summed E-state index contributed by atoms with van der Waals surface area (Å²) < 4.78 is 1.88. The predicted molar refractivity (Wildman–Crippen MR) is 79.5 cm³/mol. The third kappa shape index (κ3) is 2.66. The second kappa shape index (κ2) is 5.50. The van der Waals surface area contributed by atoms with Crippen LogP contribution in [0.3, 0.4) is 0 Å². The Balaban J connectivity index is 2.34. The van der Waals surface area contributed by atoms with Crippen LogP contribution < -0.4 is 5.32 Å². The lowest BCUT2D eigenvalue weighted by atomic mass is 9.94. The number of piperazine rings is 1. The van der Waals surface area contributed by atoms with Crippen molar-refractivity contribution in [1.82, 2.24) is 20.0 Å². The number of hydrogen-bond donors (Lipinski definition) is 1. The number of aromatic nitrogens is 2. The summed E-state index contributed by atoms with van der Waals surface area (Å²) in [5.41, 5.74) is 1.03. The molecule has 116 valence electrons. The van der Waals surface area contributed by atoms with Gasteiger partial charge in [0.15, 0.2) is 0 Å². The number of hydrogen-bond acceptors (Lipinski definition) is 3. The summed E-state index contributed by atoms with van der Waals surface area (Å²) in [4.78, 5) is 26.5. The van der Waals surface area contributed by atoms with Gasteiger partial charge in [-0.2, -0.15) is 5.10 Å². The van der Waals surface area contributed by atoms with E-state index >= 15 is 0 Å². The third-order valence-corrected chi connectivity index (χ3v) is 4.11. The molecule has 1 N–H and O–H groups in total. The van der Waals surface area contributed by atoms with Crippen LogP contribution in [0.1, 0.15) is 45.5 Å². The molecule has 0 aromatic carbocycles. The summed E-state index contributed by atoms with van der Waals surface area (Å²) in [6.45, 7) is 10.6. The molecule has 21 heavy (non-hydrogen) atoms. The van der Waals surface area contributed by atoms with Crippen molar-refractivity contribution in [3.8, 4) is 0 Å². The lowest BCUT2D eigenvalue weighted by Crippen LogP contribution is -2.67. The minimum Gasteiger partial charge on any atom is -0.342 e. The molecule has 2 amide bonds. The average molecular weight is 292 g/mol. The maximum Gasteiger partial charge on any atom is 0.246 e. The van der Waals surface area contributed by atoms with Crippen molar-refractivity contribution in [1.29, 1.82) is 0 Å². The quantitative estimate of drug-likeness (QED) is 0.907. The van der Waals surface area contributed by atoms with E-state index in [9.17, 15) is 9.59 Å². The van der Waals surface area contributed by atoms with Crippen LogP contribution in [0.5, 0.6) is 0 Å². The van der Waals surface area contributed by atoms with Gasteiger partial charge < -0.3 is 10.2 Å². The highest BCUT2D eigenvalue weighted by Gasteiger charge is 2.45. The highest BCUT2D eigenvalue weighted by Crippen LogP contribution is 2.24. The fraction of sp³-hybridized carbons (Fsp3) is 0.667. The van der Waals surface area contributed by atoms with Crippen LogP contribution in [0.4, 0.5) is 0 Å². The molecule has 1 aromatic rings. The molecule has 0 saturated carbocycles. The molecule has 2 heterocycles. The zero-order chi connectivity index (χ0) is 15.8.